The molecule has 0 aliphatic heterocycles. The minimum Gasteiger partial charge on any atom is -0.385 e. The van der Waals surface area contributed by atoms with Gasteiger partial charge in [0, 0.05) is 43.8 Å². The molecule has 8 heteroatoms. The smallest absolute Gasteiger partial charge is 0.251 e. The van der Waals surface area contributed by atoms with Crippen LogP contribution in [0, 0.1) is 0 Å². The van der Waals surface area contributed by atoms with Crippen molar-refractivity contribution in [3.05, 3.63) is 60.7 Å². The number of rotatable bonds is 8. The highest BCUT2D eigenvalue weighted by molar-refractivity contribution is 5.95. The van der Waals surface area contributed by atoms with Crippen LogP contribution in [0.5, 0.6) is 0 Å². The van der Waals surface area contributed by atoms with Crippen LogP contribution in [0.4, 0.5) is 0 Å². The molecule has 0 bridgehead atoms. The van der Waals surface area contributed by atoms with Gasteiger partial charge in [-0.2, -0.15) is 0 Å². The maximum Gasteiger partial charge on any atom is 0.251 e. The molecule has 0 spiro atoms. The summed E-state index contributed by atoms with van der Waals surface area (Å²) in [6.07, 6.45) is 7.43. The van der Waals surface area contributed by atoms with E-state index < -0.39 is 0 Å². The monoisotopic (exact) mass is 366 g/mol. The number of nitrogens with zero attached hydrogens (tertiary/aromatic N) is 5. The summed E-state index contributed by atoms with van der Waals surface area (Å²) in [5, 5.41) is 11.1. The Balaban J connectivity index is 1.70. The van der Waals surface area contributed by atoms with Crippen molar-refractivity contribution in [1.29, 1.82) is 0 Å². The van der Waals surface area contributed by atoms with Crippen LogP contribution < -0.4 is 5.32 Å². The molecule has 2 aromatic heterocycles. The van der Waals surface area contributed by atoms with Crippen LogP contribution in [0.2, 0.25) is 0 Å². The highest BCUT2D eigenvalue weighted by atomic mass is 16.5. The lowest BCUT2D eigenvalue weighted by molar-refractivity contribution is 0.0937. The van der Waals surface area contributed by atoms with Gasteiger partial charge in [0.2, 0.25) is 0 Å². The summed E-state index contributed by atoms with van der Waals surface area (Å²) in [4.78, 5) is 20.7. The highest BCUT2D eigenvalue weighted by Crippen LogP contribution is 2.19. The van der Waals surface area contributed by atoms with Crippen LogP contribution in [0.1, 0.15) is 35.6 Å². The number of hydrogen-bond acceptors (Lipinski definition) is 6. The third-order valence-electron chi connectivity index (χ3n) is 4.15. The lowest BCUT2D eigenvalue weighted by Gasteiger charge is -2.15. The van der Waals surface area contributed by atoms with E-state index >= 15 is 0 Å². The molecule has 0 saturated carbocycles. The molecule has 0 saturated heterocycles. The van der Waals surface area contributed by atoms with Crippen LogP contribution in [0.15, 0.2) is 49.3 Å². The first-order valence-electron chi connectivity index (χ1n) is 8.72. The van der Waals surface area contributed by atoms with Gasteiger partial charge < -0.3 is 14.6 Å². The molecule has 3 aromatic rings. The van der Waals surface area contributed by atoms with Gasteiger partial charge in [-0.15, -0.1) is 10.2 Å². The zero-order valence-electron chi connectivity index (χ0n) is 15.4. The molecule has 1 N–H and O–H groups in total. The number of carbonyl (C=O) groups excluding carboxylic acids is 1. The van der Waals surface area contributed by atoms with Gasteiger partial charge in [0.1, 0.15) is 12.7 Å². The van der Waals surface area contributed by atoms with Gasteiger partial charge in [0.05, 0.1) is 6.04 Å². The van der Waals surface area contributed by atoms with Gasteiger partial charge in [-0.3, -0.25) is 4.79 Å². The van der Waals surface area contributed by atoms with Gasteiger partial charge in [0.25, 0.3) is 5.91 Å². The van der Waals surface area contributed by atoms with Gasteiger partial charge in [0.15, 0.2) is 5.82 Å². The molecule has 27 heavy (non-hydrogen) atoms. The van der Waals surface area contributed by atoms with E-state index in [1.54, 1.807) is 31.9 Å². The summed E-state index contributed by atoms with van der Waals surface area (Å²) in [6, 6.07) is 7.09. The molecule has 1 atom stereocenters. The fraction of sp³-hybridized carbons (Fsp3) is 0.316. The number of amides is 1. The van der Waals surface area contributed by atoms with Gasteiger partial charge >= 0.3 is 0 Å². The van der Waals surface area contributed by atoms with Crippen LogP contribution >= 0.6 is 0 Å². The average molecular weight is 366 g/mol. The maximum atomic E-state index is 12.7. The van der Waals surface area contributed by atoms with Gasteiger partial charge in [-0.25, -0.2) is 9.97 Å². The van der Waals surface area contributed by atoms with Crippen LogP contribution in [0.3, 0.4) is 0 Å². The third-order valence-corrected chi connectivity index (χ3v) is 4.15. The van der Waals surface area contributed by atoms with Crippen LogP contribution in [-0.4, -0.2) is 44.4 Å². The lowest BCUT2D eigenvalue weighted by atomic mass is 10.1. The van der Waals surface area contributed by atoms with E-state index in [1.165, 1.54) is 6.33 Å². The third kappa shape index (κ3) is 4.73. The number of benzene rings is 1. The van der Waals surface area contributed by atoms with E-state index in [0.29, 0.717) is 18.0 Å². The Morgan fingerprint density at radius 1 is 1.26 bits per heavy atom. The van der Waals surface area contributed by atoms with E-state index in [2.05, 4.69) is 25.5 Å². The zero-order chi connectivity index (χ0) is 19.1. The van der Waals surface area contributed by atoms with E-state index in [4.69, 9.17) is 4.74 Å². The number of aryl methyl sites for hydroxylation is 1. The van der Waals surface area contributed by atoms with Crippen molar-refractivity contribution in [2.45, 2.75) is 25.9 Å². The Morgan fingerprint density at radius 2 is 2.07 bits per heavy atom. The number of ether oxygens (including phenoxy) is 1. The Bertz CT molecular complexity index is 881. The fourth-order valence-corrected chi connectivity index (χ4v) is 2.78. The minimum atomic E-state index is -0.272. The fourth-order valence-electron chi connectivity index (χ4n) is 2.78. The minimum absolute atomic E-state index is 0.173. The maximum absolute atomic E-state index is 12.7. The Kier molecular flexibility index (Phi) is 6.22. The molecule has 3 rings (SSSR count). The van der Waals surface area contributed by atoms with Crippen molar-refractivity contribution in [1.82, 2.24) is 30.0 Å². The van der Waals surface area contributed by atoms with Crippen molar-refractivity contribution in [2.24, 2.45) is 0 Å². The standard InChI is InChI=1S/C19H22N6O2/c1-14(18-24-22-13-25(18)7-4-8-27-2)23-19(26)16-6-3-5-15(9-16)17-10-20-12-21-11-17/h3,5-6,9-14H,4,7-8H2,1-2H3,(H,23,26)/t14-/m0/s1. The van der Waals surface area contributed by atoms with Gasteiger partial charge in [-0.05, 0) is 31.0 Å². The number of nitrogens with one attached hydrogen (secondary N) is 1. The van der Waals surface area contributed by atoms with Crippen molar-refractivity contribution in [2.75, 3.05) is 13.7 Å². The normalized spacial score (nSPS) is 11.9. The largest absolute Gasteiger partial charge is 0.385 e. The molecule has 140 valence electrons. The molecule has 1 aromatic carbocycles. The van der Waals surface area contributed by atoms with Crippen LogP contribution in [-0.2, 0) is 11.3 Å². The van der Waals surface area contributed by atoms with E-state index in [0.717, 1.165) is 24.1 Å². The number of carbonyl (C=O) groups is 1. The van der Waals surface area contributed by atoms with E-state index in [9.17, 15) is 4.79 Å². The first-order valence-corrected chi connectivity index (χ1v) is 8.72. The van der Waals surface area contributed by atoms with Gasteiger partial charge in [-0.1, -0.05) is 12.1 Å². The average Bonchev–Trinajstić information content (AvgIpc) is 3.18. The predicted octanol–water partition coefficient (Wildman–Crippen LogP) is 2.26. The predicted molar refractivity (Wildman–Crippen MR) is 99.9 cm³/mol. The first-order chi connectivity index (χ1) is 13.2. The van der Waals surface area contributed by atoms with E-state index in [1.807, 2.05) is 29.7 Å². The summed E-state index contributed by atoms with van der Waals surface area (Å²) >= 11 is 0. The second-order valence-electron chi connectivity index (χ2n) is 6.13. The summed E-state index contributed by atoms with van der Waals surface area (Å²) in [7, 11) is 1.67. The molecule has 0 aliphatic rings. The Hall–Kier alpha value is -3.13. The van der Waals surface area contributed by atoms with E-state index in [-0.39, 0.29) is 11.9 Å². The molecule has 0 fully saturated rings. The molecule has 0 radical (unpaired) electrons. The quantitative estimate of drug-likeness (QED) is 0.615. The first kappa shape index (κ1) is 18.7. The summed E-state index contributed by atoms with van der Waals surface area (Å²) < 4.78 is 7.01. The molecular formula is C19H22N6O2. The molecule has 0 aliphatic carbocycles. The molecule has 2 heterocycles. The molecule has 0 unspecified atom stereocenters. The summed E-state index contributed by atoms with van der Waals surface area (Å²) in [5.74, 6) is 0.541. The number of aromatic nitrogens is 5. The Labute approximate surface area is 157 Å². The lowest BCUT2D eigenvalue weighted by Crippen LogP contribution is -2.28. The van der Waals surface area contributed by atoms with Crippen molar-refractivity contribution < 1.29 is 9.53 Å². The van der Waals surface area contributed by atoms with Crippen molar-refractivity contribution in [3.63, 3.8) is 0 Å². The second-order valence-corrected chi connectivity index (χ2v) is 6.13. The van der Waals surface area contributed by atoms with Crippen molar-refractivity contribution >= 4 is 5.91 Å². The number of methoxy groups -OCH3 is 1. The molecule has 1 amide bonds. The Morgan fingerprint density at radius 3 is 2.85 bits per heavy atom. The number of hydrogen-bond donors (Lipinski definition) is 1. The summed E-state index contributed by atoms with van der Waals surface area (Å²) in [5.41, 5.74) is 2.31. The highest BCUT2D eigenvalue weighted by Gasteiger charge is 2.17. The SMILES string of the molecule is COCCCn1cnnc1[C@H](C)NC(=O)c1cccc(-c2cncnc2)c1. The second kappa shape index (κ2) is 9.00. The molecular weight excluding hydrogens is 344 g/mol. The zero-order valence-corrected chi connectivity index (χ0v) is 15.4. The van der Waals surface area contributed by atoms with Crippen molar-refractivity contribution in [3.8, 4) is 11.1 Å². The molecule has 8 nitrogen and oxygen atoms in total. The topological polar surface area (TPSA) is 94.8 Å². The summed E-state index contributed by atoms with van der Waals surface area (Å²) in [6.45, 7) is 3.29. The van der Waals surface area contributed by atoms with Crippen LogP contribution in [0.25, 0.3) is 11.1 Å².